The molecule has 5 atom stereocenters. The van der Waals surface area contributed by atoms with Crippen LogP contribution in [0.1, 0.15) is 44.9 Å². The summed E-state index contributed by atoms with van der Waals surface area (Å²) >= 11 is 0. The van der Waals surface area contributed by atoms with Crippen molar-refractivity contribution in [1.82, 2.24) is 24.8 Å². The molecule has 5 rings (SSSR count). The van der Waals surface area contributed by atoms with Crippen molar-refractivity contribution >= 4 is 28.8 Å². The second-order valence-corrected chi connectivity index (χ2v) is 11.0. The Morgan fingerprint density at radius 1 is 1.20 bits per heavy atom. The van der Waals surface area contributed by atoms with E-state index >= 15 is 0 Å². The van der Waals surface area contributed by atoms with E-state index in [9.17, 15) is 19.5 Å². The molecule has 4 heterocycles. The maximum absolute atomic E-state index is 14.4. The number of nitrogens with zero attached hydrogens (tertiary/aromatic N) is 5. The molecular weight excluding hydrogens is 526 g/mol. The van der Waals surface area contributed by atoms with Gasteiger partial charge in [-0.1, -0.05) is 29.5 Å². The molecule has 1 aromatic heterocycles. The van der Waals surface area contributed by atoms with Crippen LogP contribution in [0.4, 0.5) is 0 Å². The fraction of sp³-hybridized carbons (Fsp3) is 0.567. The number of aliphatic hydroxyl groups is 1. The van der Waals surface area contributed by atoms with Crippen LogP contribution in [0.2, 0.25) is 0 Å². The average molecular weight is 566 g/mol. The number of esters is 1. The number of carbonyl (C=O) groups is 3. The van der Waals surface area contributed by atoms with Gasteiger partial charge in [0.2, 0.25) is 11.8 Å². The first-order valence-corrected chi connectivity index (χ1v) is 14.5. The van der Waals surface area contributed by atoms with Crippen molar-refractivity contribution in [2.24, 2.45) is 11.8 Å². The first kappa shape index (κ1) is 28.9. The van der Waals surface area contributed by atoms with Crippen LogP contribution < -0.4 is 0 Å². The van der Waals surface area contributed by atoms with Crippen molar-refractivity contribution in [3.8, 4) is 0 Å². The average Bonchev–Trinajstić information content (AvgIpc) is 3.72. The highest BCUT2D eigenvalue weighted by Crippen LogP contribution is 2.58. The van der Waals surface area contributed by atoms with Crippen molar-refractivity contribution in [3.63, 3.8) is 0 Å². The summed E-state index contributed by atoms with van der Waals surface area (Å²) < 4.78 is 13.8. The number of hydrogen-bond donors (Lipinski definition) is 1. The van der Waals surface area contributed by atoms with Gasteiger partial charge in [0, 0.05) is 19.7 Å². The van der Waals surface area contributed by atoms with Gasteiger partial charge in [-0.3, -0.25) is 14.4 Å². The molecule has 0 aliphatic carbocycles. The fourth-order valence-corrected chi connectivity index (χ4v) is 6.72. The second-order valence-electron chi connectivity index (χ2n) is 11.0. The molecule has 3 fully saturated rings. The Labute approximate surface area is 239 Å². The van der Waals surface area contributed by atoms with Crippen molar-refractivity contribution in [2.45, 2.75) is 69.4 Å². The van der Waals surface area contributed by atoms with Crippen LogP contribution in [0.5, 0.6) is 0 Å². The van der Waals surface area contributed by atoms with E-state index in [4.69, 9.17) is 9.47 Å². The number of ether oxygens (including phenoxy) is 2. The van der Waals surface area contributed by atoms with Crippen LogP contribution in [0, 0.1) is 11.8 Å². The molecular formula is C30H39N5O6. The predicted octanol–water partition coefficient (Wildman–Crippen LogP) is 2.45. The zero-order valence-corrected chi connectivity index (χ0v) is 23.4. The Balaban J connectivity index is 1.42. The van der Waals surface area contributed by atoms with Gasteiger partial charge >= 0.3 is 5.97 Å². The highest BCUT2D eigenvalue weighted by atomic mass is 16.6. The minimum absolute atomic E-state index is 0.0173. The minimum Gasteiger partial charge on any atom is -0.465 e. The molecule has 1 spiro atoms. The fourth-order valence-electron chi connectivity index (χ4n) is 6.72. The lowest BCUT2D eigenvalue weighted by Gasteiger charge is -2.36. The highest BCUT2D eigenvalue weighted by molar-refractivity contribution is 5.98. The van der Waals surface area contributed by atoms with Gasteiger partial charge in [-0.25, -0.2) is 4.68 Å². The number of allylic oxidation sites excluding steroid dienone is 1. The summed E-state index contributed by atoms with van der Waals surface area (Å²) in [5.74, 6) is -2.53. The normalized spacial score (nSPS) is 26.4. The van der Waals surface area contributed by atoms with E-state index in [1.54, 1.807) is 20.6 Å². The smallest absolute Gasteiger partial charge is 0.312 e. The summed E-state index contributed by atoms with van der Waals surface area (Å²) in [6.45, 7) is 8.43. The van der Waals surface area contributed by atoms with Crippen LogP contribution in [0.3, 0.4) is 0 Å². The van der Waals surface area contributed by atoms with Gasteiger partial charge in [0.15, 0.2) is 0 Å². The molecule has 2 bridgehead atoms. The summed E-state index contributed by atoms with van der Waals surface area (Å²) in [5, 5.41) is 17.8. The molecule has 1 aromatic carbocycles. The van der Waals surface area contributed by atoms with Crippen molar-refractivity contribution in [1.29, 1.82) is 0 Å². The minimum atomic E-state index is -1.12. The lowest BCUT2D eigenvalue weighted by molar-refractivity contribution is -0.155. The maximum atomic E-state index is 14.4. The van der Waals surface area contributed by atoms with Gasteiger partial charge < -0.3 is 24.4 Å². The van der Waals surface area contributed by atoms with Gasteiger partial charge in [-0.05, 0) is 57.1 Å². The Kier molecular flexibility index (Phi) is 8.84. The number of unbranched alkanes of at least 4 members (excludes halogenated alkanes) is 3. The summed E-state index contributed by atoms with van der Waals surface area (Å²) in [6, 6.07) is 6.58. The number of carbonyl (C=O) groups excluding carboxylic acids is 3. The summed E-state index contributed by atoms with van der Waals surface area (Å²) in [4.78, 5) is 44.9. The monoisotopic (exact) mass is 565 g/mol. The Morgan fingerprint density at radius 2 is 2.02 bits per heavy atom. The van der Waals surface area contributed by atoms with Gasteiger partial charge in [0.05, 0.1) is 30.1 Å². The zero-order valence-electron chi connectivity index (χ0n) is 23.4. The molecule has 1 N–H and O–H groups in total. The van der Waals surface area contributed by atoms with E-state index in [0.717, 1.165) is 18.4 Å². The standard InChI is InChI=1S/C30H39N5O6/c1-3-5-6-11-19-40-29(39)24-23-14-15-30(41-23)25(24)27(37)34(17-9-10-18-36)26(30)28(38)33(16-4-2)20-35-22-13-8-7-12-21(22)31-32-35/h3-4,7-8,12-13,23-26,36H,1-2,5-6,9-11,14-20H2/t23-,24+,25+,26?,30?/m1/s1. The Morgan fingerprint density at radius 3 is 2.80 bits per heavy atom. The predicted molar refractivity (Wildman–Crippen MR) is 150 cm³/mol. The molecule has 11 heteroatoms. The topological polar surface area (TPSA) is 127 Å². The molecule has 2 unspecified atom stereocenters. The third-order valence-corrected chi connectivity index (χ3v) is 8.55. The van der Waals surface area contributed by atoms with Crippen molar-refractivity contribution in [3.05, 3.63) is 49.6 Å². The number of aromatic nitrogens is 3. The van der Waals surface area contributed by atoms with E-state index in [0.29, 0.717) is 37.6 Å². The molecule has 0 radical (unpaired) electrons. The number of para-hydroxylation sites is 1. The number of likely N-dealkylation sites (tertiary alicyclic amines) is 1. The molecule has 2 aromatic rings. The quantitative estimate of drug-likeness (QED) is 0.198. The van der Waals surface area contributed by atoms with Crippen LogP contribution in [-0.4, -0.2) is 91.7 Å². The lowest BCUT2D eigenvalue weighted by Crippen LogP contribution is -2.56. The van der Waals surface area contributed by atoms with Crippen molar-refractivity contribution in [2.75, 3.05) is 26.3 Å². The van der Waals surface area contributed by atoms with E-state index in [2.05, 4.69) is 23.5 Å². The van der Waals surface area contributed by atoms with Crippen molar-refractivity contribution < 1.29 is 29.0 Å². The third-order valence-electron chi connectivity index (χ3n) is 8.55. The number of hydrogen-bond acceptors (Lipinski definition) is 8. The Hall–Kier alpha value is -3.57. The number of amides is 2. The molecule has 11 nitrogen and oxygen atoms in total. The van der Waals surface area contributed by atoms with E-state index in [1.807, 2.05) is 30.3 Å². The largest absolute Gasteiger partial charge is 0.465 e. The lowest BCUT2D eigenvalue weighted by atomic mass is 9.70. The highest BCUT2D eigenvalue weighted by Gasteiger charge is 2.75. The molecule has 0 saturated carbocycles. The van der Waals surface area contributed by atoms with Crippen LogP contribution in [0.25, 0.3) is 11.0 Å². The van der Waals surface area contributed by atoms with Crippen LogP contribution >= 0.6 is 0 Å². The van der Waals surface area contributed by atoms with Gasteiger partial charge in [0.1, 0.15) is 23.8 Å². The molecule has 3 aliphatic heterocycles. The summed E-state index contributed by atoms with van der Waals surface area (Å²) in [6.07, 6.45) is 7.50. The van der Waals surface area contributed by atoms with Gasteiger partial charge in [-0.2, -0.15) is 0 Å². The molecule has 41 heavy (non-hydrogen) atoms. The third kappa shape index (κ3) is 5.28. The first-order valence-electron chi connectivity index (χ1n) is 14.5. The van der Waals surface area contributed by atoms with E-state index < -0.39 is 35.6 Å². The van der Waals surface area contributed by atoms with Gasteiger partial charge in [0.25, 0.3) is 0 Å². The van der Waals surface area contributed by atoms with Crippen LogP contribution in [-0.2, 0) is 30.5 Å². The molecule has 220 valence electrons. The summed E-state index contributed by atoms with van der Waals surface area (Å²) in [5.41, 5.74) is 0.373. The van der Waals surface area contributed by atoms with Crippen LogP contribution in [0.15, 0.2) is 49.6 Å². The zero-order chi connectivity index (χ0) is 29.0. The van der Waals surface area contributed by atoms with E-state index in [-0.39, 0.29) is 44.8 Å². The molecule has 2 amide bonds. The number of aliphatic hydroxyl groups excluding tert-OH is 1. The number of fused-ring (bicyclic) bond motifs is 2. The molecule has 3 saturated heterocycles. The number of rotatable bonds is 15. The first-order chi connectivity index (χ1) is 20.0. The Bertz CT molecular complexity index is 1300. The number of benzene rings is 1. The maximum Gasteiger partial charge on any atom is 0.312 e. The summed E-state index contributed by atoms with van der Waals surface area (Å²) in [7, 11) is 0. The SMILES string of the molecule is C=CCCCCOC(=O)[C@@H]1[C@H]2C(=O)N(CCCCO)C(C(=O)N(CC=C)Cn3nnc4ccccc43)C23CC[C@H]1O3. The molecule has 3 aliphatic rings. The second kappa shape index (κ2) is 12.5. The van der Waals surface area contributed by atoms with E-state index in [1.165, 1.54) is 0 Å². The van der Waals surface area contributed by atoms with Gasteiger partial charge in [-0.15, -0.1) is 18.3 Å².